The van der Waals surface area contributed by atoms with Crippen LogP contribution in [0.2, 0.25) is 5.02 Å². The van der Waals surface area contributed by atoms with E-state index in [1.54, 1.807) is 19.2 Å². The van der Waals surface area contributed by atoms with Gasteiger partial charge in [0.15, 0.2) is 0 Å². The fraction of sp³-hybridized carbons (Fsp3) is 0.500. The van der Waals surface area contributed by atoms with E-state index in [1.807, 2.05) is 6.07 Å². The second-order valence-corrected chi connectivity index (χ2v) is 4.77. The largest absolute Gasteiger partial charge is 0.387 e. The molecule has 1 aromatic rings. The predicted octanol–water partition coefficient (Wildman–Crippen LogP) is 3.55. The molecule has 0 saturated heterocycles. The first-order valence-electron chi connectivity index (χ1n) is 6.37. The molecule has 0 fully saturated rings. The predicted molar refractivity (Wildman–Crippen MR) is 77.4 cm³/mol. The molecule has 0 radical (unpaired) electrons. The van der Waals surface area contributed by atoms with Crippen molar-refractivity contribution in [3.05, 3.63) is 28.8 Å². The Labute approximate surface area is 114 Å². The number of hydrogen-bond acceptors (Lipinski definition) is 2. The maximum absolute atomic E-state index is 12.1. The van der Waals surface area contributed by atoms with Gasteiger partial charge in [-0.2, -0.15) is 0 Å². The topological polar surface area (TPSA) is 41.1 Å². The van der Waals surface area contributed by atoms with E-state index in [4.69, 9.17) is 11.6 Å². The summed E-state index contributed by atoms with van der Waals surface area (Å²) in [4.78, 5) is 12.1. The van der Waals surface area contributed by atoms with Gasteiger partial charge in [-0.1, -0.05) is 38.3 Å². The second kappa shape index (κ2) is 7.27. The molecule has 18 heavy (non-hydrogen) atoms. The quantitative estimate of drug-likeness (QED) is 0.828. The van der Waals surface area contributed by atoms with E-state index in [-0.39, 0.29) is 5.91 Å². The number of anilines is 1. The van der Waals surface area contributed by atoms with Gasteiger partial charge < -0.3 is 10.6 Å². The lowest BCUT2D eigenvalue weighted by Gasteiger charge is -2.15. The molecule has 0 atom stereocenters. The first-order valence-corrected chi connectivity index (χ1v) is 6.75. The maximum atomic E-state index is 12.1. The summed E-state index contributed by atoms with van der Waals surface area (Å²) >= 11 is 5.93. The summed E-state index contributed by atoms with van der Waals surface area (Å²) in [6.45, 7) is 4.99. The third kappa shape index (κ3) is 3.91. The van der Waals surface area contributed by atoms with Crippen molar-refractivity contribution in [1.29, 1.82) is 0 Å². The Hall–Kier alpha value is -1.22. The highest BCUT2D eigenvalue weighted by atomic mass is 35.5. The molecule has 0 aliphatic carbocycles. The highest BCUT2D eigenvalue weighted by molar-refractivity contribution is 6.31. The third-order valence-corrected chi connectivity index (χ3v) is 3.44. The minimum absolute atomic E-state index is 0.0752. The van der Waals surface area contributed by atoms with Gasteiger partial charge in [0.2, 0.25) is 0 Å². The molecule has 0 aliphatic heterocycles. The number of carbonyl (C=O) groups is 1. The first-order chi connectivity index (χ1) is 8.62. The van der Waals surface area contributed by atoms with Gasteiger partial charge in [0.25, 0.3) is 5.91 Å². The van der Waals surface area contributed by atoms with Gasteiger partial charge in [-0.05, 0) is 24.1 Å². The molecule has 0 aromatic heterocycles. The summed E-state index contributed by atoms with van der Waals surface area (Å²) in [6.07, 6.45) is 2.15. The van der Waals surface area contributed by atoms with E-state index >= 15 is 0 Å². The standard InChI is InChI=1S/C14H21ClN2O/c1-4-10(5-2)9-17-14(18)12-8-11(15)6-7-13(12)16-3/h6-8,10,16H,4-5,9H2,1-3H3,(H,17,18). The van der Waals surface area contributed by atoms with Crippen LogP contribution in [0.5, 0.6) is 0 Å². The van der Waals surface area contributed by atoms with Gasteiger partial charge in [0.05, 0.1) is 5.56 Å². The van der Waals surface area contributed by atoms with Crippen molar-refractivity contribution in [3.63, 3.8) is 0 Å². The lowest BCUT2D eigenvalue weighted by atomic mass is 10.0. The van der Waals surface area contributed by atoms with Crippen molar-refractivity contribution in [2.45, 2.75) is 26.7 Å². The maximum Gasteiger partial charge on any atom is 0.253 e. The summed E-state index contributed by atoms with van der Waals surface area (Å²) in [5.41, 5.74) is 1.39. The normalized spacial score (nSPS) is 10.5. The molecule has 1 amide bonds. The molecule has 1 rings (SSSR count). The Kier molecular flexibility index (Phi) is 5.99. The van der Waals surface area contributed by atoms with Crippen LogP contribution in [0.15, 0.2) is 18.2 Å². The van der Waals surface area contributed by atoms with Crippen molar-refractivity contribution < 1.29 is 4.79 Å². The molecule has 4 heteroatoms. The SMILES string of the molecule is CCC(CC)CNC(=O)c1cc(Cl)ccc1NC. The number of amides is 1. The van der Waals surface area contributed by atoms with E-state index < -0.39 is 0 Å². The zero-order valence-corrected chi connectivity index (χ0v) is 12.0. The first kappa shape index (κ1) is 14.8. The molecule has 3 nitrogen and oxygen atoms in total. The molecule has 0 bridgehead atoms. The Morgan fingerprint density at radius 1 is 1.33 bits per heavy atom. The van der Waals surface area contributed by atoms with Gasteiger partial charge >= 0.3 is 0 Å². The third-order valence-electron chi connectivity index (χ3n) is 3.20. The number of rotatable bonds is 6. The van der Waals surface area contributed by atoms with E-state index in [9.17, 15) is 4.79 Å². The summed E-state index contributed by atoms with van der Waals surface area (Å²) in [5.74, 6) is 0.458. The zero-order chi connectivity index (χ0) is 13.5. The van der Waals surface area contributed by atoms with Crippen LogP contribution in [0, 0.1) is 5.92 Å². The molecule has 0 heterocycles. The molecule has 0 spiro atoms. The number of nitrogens with one attached hydrogen (secondary N) is 2. The molecule has 1 aromatic carbocycles. The van der Waals surface area contributed by atoms with Gasteiger partial charge in [-0.25, -0.2) is 0 Å². The molecule has 0 aliphatic rings. The zero-order valence-electron chi connectivity index (χ0n) is 11.2. The Balaban J connectivity index is 2.74. The lowest BCUT2D eigenvalue weighted by molar-refractivity contribution is 0.0947. The fourth-order valence-electron chi connectivity index (χ4n) is 1.83. The number of halogens is 1. The highest BCUT2D eigenvalue weighted by Crippen LogP contribution is 2.20. The second-order valence-electron chi connectivity index (χ2n) is 4.33. The molecular formula is C14H21ClN2O. The minimum atomic E-state index is -0.0752. The smallest absolute Gasteiger partial charge is 0.253 e. The highest BCUT2D eigenvalue weighted by Gasteiger charge is 2.12. The summed E-state index contributed by atoms with van der Waals surface area (Å²) in [5, 5.41) is 6.54. The van der Waals surface area contributed by atoms with Crippen LogP contribution in [0.1, 0.15) is 37.0 Å². The van der Waals surface area contributed by atoms with E-state index in [0.29, 0.717) is 23.0 Å². The Bertz CT molecular complexity index is 403. The monoisotopic (exact) mass is 268 g/mol. The minimum Gasteiger partial charge on any atom is -0.387 e. The molecule has 0 saturated carbocycles. The lowest BCUT2D eigenvalue weighted by Crippen LogP contribution is -2.29. The Morgan fingerprint density at radius 3 is 2.56 bits per heavy atom. The van der Waals surface area contributed by atoms with Gasteiger partial charge in [-0.3, -0.25) is 4.79 Å². The van der Waals surface area contributed by atoms with Crippen molar-refractivity contribution >= 4 is 23.2 Å². The molecule has 100 valence electrons. The van der Waals surface area contributed by atoms with E-state index in [1.165, 1.54) is 0 Å². The summed E-state index contributed by atoms with van der Waals surface area (Å²) in [6, 6.07) is 5.27. The van der Waals surface area contributed by atoms with Gasteiger partial charge in [0.1, 0.15) is 0 Å². The fourth-order valence-corrected chi connectivity index (χ4v) is 2.00. The number of benzene rings is 1. The molecular weight excluding hydrogens is 248 g/mol. The van der Waals surface area contributed by atoms with Crippen LogP contribution in [-0.4, -0.2) is 19.5 Å². The molecule has 0 unspecified atom stereocenters. The van der Waals surface area contributed by atoms with Crippen LogP contribution < -0.4 is 10.6 Å². The molecule has 2 N–H and O–H groups in total. The summed E-state index contributed by atoms with van der Waals surface area (Å²) < 4.78 is 0. The van der Waals surface area contributed by atoms with Gasteiger partial charge in [0, 0.05) is 24.3 Å². The van der Waals surface area contributed by atoms with Crippen molar-refractivity contribution in [2.75, 3.05) is 18.9 Å². The number of carbonyl (C=O) groups excluding carboxylic acids is 1. The van der Waals surface area contributed by atoms with Gasteiger partial charge in [-0.15, -0.1) is 0 Å². The van der Waals surface area contributed by atoms with Crippen LogP contribution in [0.25, 0.3) is 0 Å². The van der Waals surface area contributed by atoms with Crippen molar-refractivity contribution in [3.8, 4) is 0 Å². The van der Waals surface area contributed by atoms with Crippen molar-refractivity contribution in [1.82, 2.24) is 5.32 Å². The van der Waals surface area contributed by atoms with Crippen LogP contribution in [0.3, 0.4) is 0 Å². The van der Waals surface area contributed by atoms with Crippen LogP contribution in [-0.2, 0) is 0 Å². The number of hydrogen-bond donors (Lipinski definition) is 2. The van der Waals surface area contributed by atoms with E-state index in [0.717, 1.165) is 18.5 Å². The van der Waals surface area contributed by atoms with E-state index in [2.05, 4.69) is 24.5 Å². The average molecular weight is 269 g/mol. The van der Waals surface area contributed by atoms with Crippen LogP contribution in [0.4, 0.5) is 5.69 Å². The Morgan fingerprint density at radius 2 is 2.00 bits per heavy atom. The summed E-state index contributed by atoms with van der Waals surface area (Å²) in [7, 11) is 1.79. The van der Waals surface area contributed by atoms with Crippen LogP contribution >= 0.6 is 11.6 Å². The van der Waals surface area contributed by atoms with Crippen molar-refractivity contribution in [2.24, 2.45) is 5.92 Å². The average Bonchev–Trinajstić information content (AvgIpc) is 2.39.